The maximum atomic E-state index is 11.8. The van der Waals surface area contributed by atoms with Crippen LogP contribution in [0, 0.1) is 12.8 Å². The fourth-order valence-electron chi connectivity index (χ4n) is 1.28. The Balaban J connectivity index is 2.71. The zero-order valence-corrected chi connectivity index (χ0v) is 10.7. The van der Waals surface area contributed by atoms with E-state index in [1.807, 2.05) is 6.92 Å². The molecule has 1 amide bonds. The number of phenols is 1. The van der Waals surface area contributed by atoms with Crippen LogP contribution in [0.1, 0.15) is 22.8 Å². The molecule has 5 heteroatoms. The molecule has 0 radical (unpaired) electrons. The van der Waals surface area contributed by atoms with Gasteiger partial charge < -0.3 is 16.2 Å². The Labute approximate surface area is 106 Å². The molecular formula is C12H16N2O2S. The smallest absolute Gasteiger partial charge is 0.255 e. The number of hydrogen-bond acceptors (Lipinski definition) is 3. The highest BCUT2D eigenvalue weighted by molar-refractivity contribution is 7.80. The minimum absolute atomic E-state index is 0.00739. The van der Waals surface area contributed by atoms with Crippen molar-refractivity contribution in [3.63, 3.8) is 0 Å². The van der Waals surface area contributed by atoms with Crippen LogP contribution in [-0.4, -0.2) is 22.5 Å². The fraction of sp³-hybridized carbons (Fsp3) is 0.333. The number of nitrogens with two attached hydrogens (primary N) is 1. The van der Waals surface area contributed by atoms with Gasteiger partial charge in [-0.05, 0) is 18.6 Å². The Hall–Kier alpha value is -1.62. The molecule has 0 spiro atoms. The predicted molar refractivity (Wildman–Crippen MR) is 71.1 cm³/mol. The third kappa shape index (κ3) is 3.42. The van der Waals surface area contributed by atoms with E-state index in [2.05, 4.69) is 5.32 Å². The molecule has 1 aromatic rings. The van der Waals surface area contributed by atoms with Crippen molar-refractivity contribution in [1.82, 2.24) is 5.32 Å². The summed E-state index contributed by atoms with van der Waals surface area (Å²) in [6, 6.07) is 5.04. The second-order valence-electron chi connectivity index (χ2n) is 3.98. The number of para-hydroxylation sites is 1. The summed E-state index contributed by atoms with van der Waals surface area (Å²) in [6.07, 6.45) is 0. The lowest BCUT2D eigenvalue weighted by atomic mass is 10.1. The van der Waals surface area contributed by atoms with Crippen molar-refractivity contribution in [2.45, 2.75) is 13.8 Å². The first kappa shape index (κ1) is 13.4. The summed E-state index contributed by atoms with van der Waals surface area (Å²) in [7, 11) is 0. The van der Waals surface area contributed by atoms with Crippen molar-refractivity contribution in [1.29, 1.82) is 0 Å². The normalized spacial score (nSPS) is 11.9. The summed E-state index contributed by atoms with van der Waals surface area (Å²) in [6.45, 7) is 3.93. The van der Waals surface area contributed by atoms with Crippen molar-refractivity contribution in [3.8, 4) is 5.75 Å². The van der Waals surface area contributed by atoms with Gasteiger partial charge in [-0.25, -0.2) is 0 Å². The number of carbonyl (C=O) groups is 1. The van der Waals surface area contributed by atoms with Crippen molar-refractivity contribution < 1.29 is 9.90 Å². The van der Waals surface area contributed by atoms with Gasteiger partial charge in [0.05, 0.1) is 10.6 Å². The molecule has 1 unspecified atom stereocenters. The topological polar surface area (TPSA) is 75.4 Å². The summed E-state index contributed by atoms with van der Waals surface area (Å²) in [4.78, 5) is 12.1. The van der Waals surface area contributed by atoms with E-state index in [1.54, 1.807) is 25.1 Å². The molecule has 0 bridgehead atoms. The third-order valence-electron chi connectivity index (χ3n) is 2.54. The molecule has 1 aromatic carbocycles. The second kappa shape index (κ2) is 5.63. The van der Waals surface area contributed by atoms with Crippen LogP contribution in [0.5, 0.6) is 5.75 Å². The van der Waals surface area contributed by atoms with Gasteiger partial charge in [-0.3, -0.25) is 4.79 Å². The van der Waals surface area contributed by atoms with Gasteiger partial charge in [-0.1, -0.05) is 31.3 Å². The van der Waals surface area contributed by atoms with E-state index >= 15 is 0 Å². The van der Waals surface area contributed by atoms with Crippen LogP contribution in [0.3, 0.4) is 0 Å². The second-order valence-corrected chi connectivity index (χ2v) is 4.46. The number of nitrogens with one attached hydrogen (secondary N) is 1. The first-order chi connectivity index (χ1) is 7.93. The number of benzene rings is 1. The van der Waals surface area contributed by atoms with E-state index in [-0.39, 0.29) is 23.1 Å². The molecule has 17 heavy (non-hydrogen) atoms. The Morgan fingerprint density at radius 3 is 2.82 bits per heavy atom. The van der Waals surface area contributed by atoms with Gasteiger partial charge in [-0.15, -0.1) is 0 Å². The lowest BCUT2D eigenvalue weighted by molar-refractivity contribution is 0.0948. The molecule has 4 N–H and O–H groups in total. The van der Waals surface area contributed by atoms with Crippen LogP contribution >= 0.6 is 12.2 Å². The largest absolute Gasteiger partial charge is 0.507 e. The quantitative estimate of drug-likeness (QED) is 0.707. The SMILES string of the molecule is Cc1cccc(C(=O)NCC(C)C(N)=S)c1O. The zero-order valence-electron chi connectivity index (χ0n) is 9.86. The summed E-state index contributed by atoms with van der Waals surface area (Å²) >= 11 is 4.81. The van der Waals surface area contributed by atoms with Gasteiger partial charge in [0, 0.05) is 12.5 Å². The van der Waals surface area contributed by atoms with Gasteiger partial charge in [0.25, 0.3) is 5.91 Å². The molecule has 1 atom stereocenters. The van der Waals surface area contributed by atoms with Crippen LogP contribution in [0.4, 0.5) is 0 Å². The first-order valence-electron chi connectivity index (χ1n) is 5.29. The predicted octanol–water partition coefficient (Wildman–Crippen LogP) is 1.35. The van der Waals surface area contributed by atoms with Gasteiger partial charge >= 0.3 is 0 Å². The molecule has 0 saturated carbocycles. The minimum Gasteiger partial charge on any atom is -0.507 e. The molecule has 0 aliphatic rings. The van der Waals surface area contributed by atoms with E-state index in [0.717, 1.165) is 0 Å². The van der Waals surface area contributed by atoms with E-state index < -0.39 is 0 Å². The molecule has 0 heterocycles. The summed E-state index contributed by atoms with van der Waals surface area (Å²) < 4.78 is 0. The highest BCUT2D eigenvalue weighted by Crippen LogP contribution is 2.20. The summed E-state index contributed by atoms with van der Waals surface area (Å²) in [5.41, 5.74) is 6.38. The average Bonchev–Trinajstić information content (AvgIpc) is 2.29. The maximum Gasteiger partial charge on any atom is 0.255 e. The molecule has 4 nitrogen and oxygen atoms in total. The average molecular weight is 252 g/mol. The standard InChI is InChI=1S/C12H16N2O2S/c1-7-4-3-5-9(10(7)15)12(16)14-6-8(2)11(13)17/h3-5,8,15H,6H2,1-2H3,(H2,13,17)(H,14,16). The van der Waals surface area contributed by atoms with E-state index in [0.29, 0.717) is 17.1 Å². The number of hydrogen-bond donors (Lipinski definition) is 3. The molecule has 0 fully saturated rings. The lowest BCUT2D eigenvalue weighted by Gasteiger charge is -2.12. The fourth-order valence-corrected chi connectivity index (χ4v) is 1.37. The molecule has 0 saturated heterocycles. The van der Waals surface area contributed by atoms with Gasteiger partial charge in [0.1, 0.15) is 5.75 Å². The molecule has 0 aliphatic heterocycles. The summed E-state index contributed by atoms with van der Waals surface area (Å²) in [5, 5.41) is 12.4. The first-order valence-corrected chi connectivity index (χ1v) is 5.70. The van der Waals surface area contributed by atoms with E-state index in [4.69, 9.17) is 18.0 Å². The van der Waals surface area contributed by atoms with Gasteiger partial charge in [0.2, 0.25) is 0 Å². The zero-order chi connectivity index (χ0) is 13.0. The third-order valence-corrected chi connectivity index (χ3v) is 2.94. The molecule has 0 aromatic heterocycles. The van der Waals surface area contributed by atoms with Crippen LogP contribution in [-0.2, 0) is 0 Å². The number of thiocarbonyl (C=S) groups is 1. The Morgan fingerprint density at radius 1 is 1.59 bits per heavy atom. The number of aryl methyl sites for hydroxylation is 1. The molecular weight excluding hydrogens is 236 g/mol. The van der Waals surface area contributed by atoms with Crippen molar-refractivity contribution in [3.05, 3.63) is 29.3 Å². The van der Waals surface area contributed by atoms with Crippen molar-refractivity contribution in [2.24, 2.45) is 11.7 Å². The molecule has 92 valence electrons. The Kier molecular flexibility index (Phi) is 4.45. The van der Waals surface area contributed by atoms with Crippen LogP contribution in [0.15, 0.2) is 18.2 Å². The number of aromatic hydroxyl groups is 1. The maximum absolute atomic E-state index is 11.8. The molecule has 1 rings (SSSR count). The number of carbonyl (C=O) groups excluding carboxylic acids is 1. The van der Waals surface area contributed by atoms with Crippen molar-refractivity contribution >= 4 is 23.1 Å². The minimum atomic E-state index is -0.325. The highest BCUT2D eigenvalue weighted by atomic mass is 32.1. The lowest BCUT2D eigenvalue weighted by Crippen LogP contribution is -2.33. The van der Waals surface area contributed by atoms with Crippen LogP contribution in [0.2, 0.25) is 0 Å². The van der Waals surface area contributed by atoms with Gasteiger partial charge in [0.15, 0.2) is 0 Å². The van der Waals surface area contributed by atoms with E-state index in [9.17, 15) is 9.90 Å². The van der Waals surface area contributed by atoms with E-state index in [1.165, 1.54) is 0 Å². The van der Waals surface area contributed by atoms with Gasteiger partial charge in [-0.2, -0.15) is 0 Å². The Bertz CT molecular complexity index is 446. The van der Waals surface area contributed by atoms with Crippen molar-refractivity contribution in [2.75, 3.05) is 6.54 Å². The summed E-state index contributed by atoms with van der Waals surface area (Å²) in [5.74, 6) is -0.386. The Morgan fingerprint density at radius 2 is 2.24 bits per heavy atom. The highest BCUT2D eigenvalue weighted by Gasteiger charge is 2.13. The number of amides is 1. The van der Waals surface area contributed by atoms with Crippen LogP contribution < -0.4 is 11.1 Å². The van der Waals surface area contributed by atoms with Crippen LogP contribution in [0.25, 0.3) is 0 Å². The number of phenolic OH excluding ortho intramolecular Hbond substituents is 1. The number of rotatable bonds is 4. The monoisotopic (exact) mass is 252 g/mol. The molecule has 0 aliphatic carbocycles.